The van der Waals surface area contributed by atoms with E-state index >= 15 is 0 Å². The van der Waals surface area contributed by atoms with Gasteiger partial charge in [-0.2, -0.15) is 0 Å². The largest absolute Gasteiger partial charge is 0.310 e. The first-order valence-electron chi connectivity index (χ1n) is 20.4. The van der Waals surface area contributed by atoms with Crippen molar-refractivity contribution < 1.29 is 0 Å². The highest BCUT2D eigenvalue weighted by molar-refractivity contribution is 6.07. The van der Waals surface area contributed by atoms with Gasteiger partial charge in [0.15, 0.2) is 0 Å². The Morgan fingerprint density at radius 2 is 1.02 bits per heavy atom. The van der Waals surface area contributed by atoms with Gasteiger partial charge in [-0.05, 0) is 126 Å². The first kappa shape index (κ1) is 32.5. The molecular formula is C56H41N. The quantitative estimate of drug-likeness (QED) is 0.174. The highest BCUT2D eigenvalue weighted by atomic mass is 15.1. The van der Waals surface area contributed by atoms with Crippen LogP contribution in [0.5, 0.6) is 0 Å². The van der Waals surface area contributed by atoms with Gasteiger partial charge in [0.25, 0.3) is 0 Å². The van der Waals surface area contributed by atoms with Crippen LogP contribution in [0, 0.1) is 0 Å². The second-order valence-corrected chi connectivity index (χ2v) is 16.7. The molecule has 8 aromatic rings. The molecule has 0 saturated carbocycles. The summed E-state index contributed by atoms with van der Waals surface area (Å²) in [5.41, 5.74) is 22.2. The van der Waals surface area contributed by atoms with Crippen molar-refractivity contribution in [2.45, 2.75) is 37.5 Å². The number of rotatable bonds is 4. The molecule has 4 aliphatic rings. The molecule has 270 valence electrons. The molecular weight excluding hydrogens is 687 g/mol. The number of nitrogens with zero attached hydrogens (tertiary/aromatic N) is 1. The van der Waals surface area contributed by atoms with E-state index in [4.69, 9.17) is 0 Å². The van der Waals surface area contributed by atoms with Crippen LogP contribution in [0.4, 0.5) is 17.1 Å². The lowest BCUT2D eigenvalue weighted by Gasteiger charge is -2.33. The SMILES string of the molecule is CC1(C)c2ccccc2-c2ccc(N(c3ccc4c(c3)-c3ccccc3C43C4=C(CCC=C4)c4ccccc43)c3ccc(-c4ccccc4)c4ccccc34)cc21. The summed E-state index contributed by atoms with van der Waals surface area (Å²) in [5, 5.41) is 2.47. The smallest absolute Gasteiger partial charge is 0.0722 e. The molecule has 1 heteroatoms. The van der Waals surface area contributed by atoms with E-state index in [0.29, 0.717) is 0 Å². The van der Waals surface area contributed by atoms with Gasteiger partial charge < -0.3 is 4.90 Å². The van der Waals surface area contributed by atoms with Crippen LogP contribution in [0.3, 0.4) is 0 Å². The minimum Gasteiger partial charge on any atom is -0.310 e. The fourth-order valence-electron chi connectivity index (χ4n) is 11.1. The first-order valence-corrected chi connectivity index (χ1v) is 20.4. The van der Waals surface area contributed by atoms with Gasteiger partial charge in [0.1, 0.15) is 0 Å². The third-order valence-corrected chi connectivity index (χ3v) is 13.6. The highest BCUT2D eigenvalue weighted by Crippen LogP contribution is 2.64. The van der Waals surface area contributed by atoms with E-state index in [0.717, 1.165) is 18.5 Å². The van der Waals surface area contributed by atoms with Crippen LogP contribution in [0.25, 0.3) is 49.7 Å². The van der Waals surface area contributed by atoms with Crippen LogP contribution in [0.1, 0.15) is 60.1 Å². The van der Waals surface area contributed by atoms with Crippen LogP contribution in [0.15, 0.2) is 194 Å². The lowest BCUT2D eigenvalue weighted by molar-refractivity contribution is 0.660. The topological polar surface area (TPSA) is 3.24 Å². The van der Waals surface area contributed by atoms with Gasteiger partial charge in [-0.1, -0.05) is 172 Å². The van der Waals surface area contributed by atoms with Crippen molar-refractivity contribution in [1.82, 2.24) is 0 Å². The number of hydrogen-bond acceptors (Lipinski definition) is 1. The van der Waals surface area contributed by atoms with Gasteiger partial charge in [-0.15, -0.1) is 0 Å². The van der Waals surface area contributed by atoms with Crippen molar-refractivity contribution >= 4 is 33.4 Å². The van der Waals surface area contributed by atoms with Gasteiger partial charge in [0, 0.05) is 22.2 Å². The normalized spacial score (nSPS) is 17.6. The molecule has 0 bridgehead atoms. The van der Waals surface area contributed by atoms with Gasteiger partial charge in [-0.3, -0.25) is 0 Å². The van der Waals surface area contributed by atoms with Crippen LogP contribution >= 0.6 is 0 Å². The molecule has 12 rings (SSSR count). The summed E-state index contributed by atoms with van der Waals surface area (Å²) < 4.78 is 0. The van der Waals surface area contributed by atoms with E-state index in [-0.39, 0.29) is 10.8 Å². The lowest BCUT2D eigenvalue weighted by atomic mass is 9.69. The molecule has 57 heavy (non-hydrogen) atoms. The molecule has 8 aromatic carbocycles. The fraction of sp³-hybridized carbons (Fsp3) is 0.107. The van der Waals surface area contributed by atoms with Crippen molar-refractivity contribution in [1.29, 1.82) is 0 Å². The molecule has 0 aliphatic heterocycles. The highest BCUT2D eigenvalue weighted by Gasteiger charge is 2.52. The van der Waals surface area contributed by atoms with Crippen LogP contribution in [0.2, 0.25) is 0 Å². The number of fused-ring (bicyclic) bond motifs is 13. The minimum atomic E-state index is -0.328. The van der Waals surface area contributed by atoms with Gasteiger partial charge in [0.2, 0.25) is 0 Å². The average molecular weight is 728 g/mol. The maximum absolute atomic E-state index is 2.53. The van der Waals surface area contributed by atoms with Crippen LogP contribution in [-0.2, 0) is 10.8 Å². The summed E-state index contributed by atoms with van der Waals surface area (Å²) in [6.07, 6.45) is 7.00. The molecule has 0 N–H and O–H groups in total. The summed E-state index contributed by atoms with van der Waals surface area (Å²) in [4.78, 5) is 2.53. The Bertz CT molecular complexity index is 3050. The van der Waals surface area contributed by atoms with E-state index in [1.54, 1.807) is 0 Å². The molecule has 0 aromatic heterocycles. The first-order chi connectivity index (χ1) is 28.0. The third-order valence-electron chi connectivity index (χ3n) is 13.6. The maximum atomic E-state index is 2.53. The van der Waals surface area contributed by atoms with E-state index < -0.39 is 0 Å². The fourth-order valence-corrected chi connectivity index (χ4v) is 11.1. The zero-order valence-corrected chi connectivity index (χ0v) is 32.3. The molecule has 0 saturated heterocycles. The summed E-state index contributed by atoms with van der Waals surface area (Å²) >= 11 is 0. The number of hydrogen-bond donors (Lipinski definition) is 0. The predicted molar refractivity (Wildman–Crippen MR) is 239 cm³/mol. The number of benzene rings is 8. The molecule has 1 atom stereocenters. The Hall–Kier alpha value is -6.70. The molecule has 1 nitrogen and oxygen atoms in total. The zero-order valence-electron chi connectivity index (χ0n) is 32.3. The van der Waals surface area contributed by atoms with E-state index in [1.165, 1.54) is 100 Å². The van der Waals surface area contributed by atoms with Gasteiger partial charge in [0.05, 0.1) is 11.1 Å². The van der Waals surface area contributed by atoms with Crippen molar-refractivity contribution in [2.24, 2.45) is 0 Å². The molecule has 0 heterocycles. The standard InChI is InChI=1S/C56H41N/c1-55(2)48-24-12-8-19-41(48)45-30-28-38(35-53(45)55)57(54-33-31-39(36-16-4-3-5-17-36)40-18-6-7-23-46(40)54)37-29-32-52-47(34-37)44-22-11-15-27-51(44)56(52)49-25-13-9-20-42(49)43-21-10-14-26-50(43)56/h3-9,11-20,22-35H,10,21H2,1-2H3. The lowest BCUT2D eigenvalue weighted by Crippen LogP contribution is -2.27. The van der Waals surface area contributed by atoms with Crippen molar-refractivity contribution in [3.05, 3.63) is 227 Å². The van der Waals surface area contributed by atoms with Crippen molar-refractivity contribution in [2.75, 3.05) is 4.90 Å². The second-order valence-electron chi connectivity index (χ2n) is 16.7. The van der Waals surface area contributed by atoms with E-state index in [9.17, 15) is 0 Å². The van der Waals surface area contributed by atoms with Gasteiger partial charge >= 0.3 is 0 Å². The Labute approximate surface area is 334 Å². The summed E-state index contributed by atoms with van der Waals surface area (Å²) in [5.74, 6) is 0. The second kappa shape index (κ2) is 11.9. The summed E-state index contributed by atoms with van der Waals surface area (Å²) in [6.45, 7) is 4.76. The average Bonchev–Trinajstić information content (AvgIpc) is 3.82. The van der Waals surface area contributed by atoms with E-state index in [2.05, 4.69) is 207 Å². The zero-order chi connectivity index (χ0) is 37.9. The Morgan fingerprint density at radius 1 is 0.439 bits per heavy atom. The predicted octanol–water partition coefficient (Wildman–Crippen LogP) is 14.7. The third kappa shape index (κ3) is 4.35. The van der Waals surface area contributed by atoms with Crippen LogP contribution < -0.4 is 4.90 Å². The van der Waals surface area contributed by atoms with Crippen molar-refractivity contribution in [3.63, 3.8) is 0 Å². The number of allylic oxidation sites excluding steroid dienone is 4. The monoisotopic (exact) mass is 727 g/mol. The molecule has 4 aliphatic carbocycles. The van der Waals surface area contributed by atoms with E-state index in [1.807, 2.05) is 0 Å². The number of anilines is 3. The maximum Gasteiger partial charge on any atom is 0.0722 e. The summed E-state index contributed by atoms with van der Waals surface area (Å²) in [6, 6.07) is 66.2. The van der Waals surface area contributed by atoms with Gasteiger partial charge in [-0.25, -0.2) is 0 Å². The Balaban J connectivity index is 1.12. The summed E-state index contributed by atoms with van der Waals surface area (Å²) in [7, 11) is 0. The molecule has 0 radical (unpaired) electrons. The minimum absolute atomic E-state index is 0.120. The molecule has 1 unspecified atom stereocenters. The Morgan fingerprint density at radius 3 is 1.82 bits per heavy atom. The molecule has 0 fully saturated rings. The van der Waals surface area contributed by atoms with Crippen molar-refractivity contribution in [3.8, 4) is 33.4 Å². The Kier molecular flexibility index (Phi) is 6.79. The molecule has 1 spiro atoms. The molecule has 0 amide bonds. The van der Waals surface area contributed by atoms with Crippen LogP contribution in [-0.4, -0.2) is 0 Å².